The Bertz CT molecular complexity index is 1120. The van der Waals surface area contributed by atoms with E-state index < -0.39 is 34.2 Å². The summed E-state index contributed by atoms with van der Waals surface area (Å²) in [6.45, 7) is 2.52. The van der Waals surface area contributed by atoms with E-state index in [9.17, 15) is 13.6 Å². The standard InChI is InChI=1S/C20H17F2N5O2S/c1-19-8-29-9-20(19,27-18(24)30-10-19)13-5-12(2-3-14(13)21)26-17(28)16-15(22)4-11(6-23)7-25-16/h2-5,7H,8-10H2,1H3,(H2,24,27)(H,26,28)/t19-,20+/m0/s1. The van der Waals surface area contributed by atoms with Crippen molar-refractivity contribution < 1.29 is 18.3 Å². The maximum atomic E-state index is 14.9. The van der Waals surface area contributed by atoms with Crippen LogP contribution in [0.4, 0.5) is 14.5 Å². The Kier molecular flexibility index (Phi) is 4.95. The van der Waals surface area contributed by atoms with E-state index in [2.05, 4.69) is 15.3 Å². The molecule has 1 fully saturated rings. The molecule has 4 rings (SSSR count). The average Bonchev–Trinajstić information content (AvgIpc) is 3.06. The van der Waals surface area contributed by atoms with Crippen LogP contribution < -0.4 is 11.1 Å². The van der Waals surface area contributed by atoms with Crippen LogP contribution in [-0.2, 0) is 10.3 Å². The molecule has 2 atom stereocenters. The zero-order valence-electron chi connectivity index (χ0n) is 15.9. The van der Waals surface area contributed by atoms with Gasteiger partial charge in [0.15, 0.2) is 16.7 Å². The molecule has 3 N–H and O–H groups in total. The highest BCUT2D eigenvalue weighted by atomic mass is 32.2. The van der Waals surface area contributed by atoms with E-state index in [4.69, 9.17) is 15.7 Å². The number of nitrogens with one attached hydrogen (secondary N) is 1. The number of fused-ring (bicyclic) bond motifs is 1. The summed E-state index contributed by atoms with van der Waals surface area (Å²) in [4.78, 5) is 20.8. The number of nitrogens with two attached hydrogens (primary N) is 1. The van der Waals surface area contributed by atoms with Crippen molar-refractivity contribution in [2.45, 2.75) is 12.5 Å². The molecule has 2 aliphatic rings. The molecule has 30 heavy (non-hydrogen) atoms. The molecular weight excluding hydrogens is 412 g/mol. The third-order valence-electron chi connectivity index (χ3n) is 5.42. The molecule has 1 aromatic carbocycles. The minimum absolute atomic E-state index is 0.00152. The van der Waals surface area contributed by atoms with Crippen molar-refractivity contribution in [1.82, 2.24) is 4.98 Å². The van der Waals surface area contributed by atoms with E-state index in [1.54, 1.807) is 6.07 Å². The van der Waals surface area contributed by atoms with E-state index in [1.165, 1.54) is 30.0 Å². The van der Waals surface area contributed by atoms with E-state index in [0.29, 0.717) is 17.5 Å². The summed E-state index contributed by atoms with van der Waals surface area (Å²) in [7, 11) is 0. The van der Waals surface area contributed by atoms with Crippen LogP contribution in [0.5, 0.6) is 0 Å². The van der Waals surface area contributed by atoms with Gasteiger partial charge in [-0.3, -0.25) is 4.79 Å². The molecule has 0 bridgehead atoms. The first-order chi connectivity index (χ1) is 14.3. The Labute approximate surface area is 175 Å². The van der Waals surface area contributed by atoms with E-state index in [1.807, 2.05) is 6.92 Å². The molecule has 10 heteroatoms. The predicted molar refractivity (Wildman–Crippen MR) is 108 cm³/mol. The molecule has 0 aliphatic carbocycles. The number of halogens is 2. The second kappa shape index (κ2) is 7.34. The number of thioether (sulfide) groups is 1. The lowest BCUT2D eigenvalue weighted by Gasteiger charge is -2.42. The second-order valence-corrected chi connectivity index (χ2v) is 8.46. The fourth-order valence-electron chi connectivity index (χ4n) is 3.74. The Morgan fingerprint density at radius 2 is 2.13 bits per heavy atom. The number of nitrogens with zero attached hydrogens (tertiary/aromatic N) is 3. The van der Waals surface area contributed by atoms with Crippen molar-refractivity contribution in [3.05, 3.63) is 58.9 Å². The van der Waals surface area contributed by atoms with Crippen molar-refractivity contribution in [3.8, 4) is 6.07 Å². The minimum Gasteiger partial charge on any atom is -0.379 e. The molecule has 2 aromatic rings. The Balaban J connectivity index is 1.70. The number of benzene rings is 1. The van der Waals surface area contributed by atoms with Crippen LogP contribution in [0.2, 0.25) is 0 Å². The number of amides is 1. The maximum absolute atomic E-state index is 14.9. The number of carbonyl (C=O) groups is 1. The molecule has 3 heterocycles. The molecule has 1 aromatic heterocycles. The Hall–Kier alpha value is -3.03. The SMILES string of the molecule is C[C@@]12COC[C@]1(c1cc(NC(=O)c3ncc(C#N)cc3F)ccc1F)N=C(N)SC2. The molecule has 1 saturated heterocycles. The molecule has 154 valence electrons. The topological polar surface area (TPSA) is 113 Å². The highest BCUT2D eigenvalue weighted by Crippen LogP contribution is 2.53. The minimum atomic E-state index is -1.02. The number of ether oxygens (including phenoxy) is 1. The highest BCUT2D eigenvalue weighted by Gasteiger charge is 2.57. The van der Waals surface area contributed by atoms with Crippen molar-refractivity contribution in [3.63, 3.8) is 0 Å². The molecule has 7 nitrogen and oxygen atoms in total. The highest BCUT2D eigenvalue weighted by molar-refractivity contribution is 8.13. The number of anilines is 1. The van der Waals surface area contributed by atoms with Gasteiger partial charge >= 0.3 is 0 Å². The van der Waals surface area contributed by atoms with Crippen LogP contribution >= 0.6 is 11.8 Å². The van der Waals surface area contributed by atoms with E-state index >= 15 is 0 Å². The number of hydrogen-bond donors (Lipinski definition) is 2. The number of carbonyl (C=O) groups excluding carboxylic acids is 1. The lowest BCUT2D eigenvalue weighted by atomic mass is 9.70. The van der Waals surface area contributed by atoms with Crippen LogP contribution in [0, 0.1) is 28.4 Å². The summed E-state index contributed by atoms with van der Waals surface area (Å²) >= 11 is 1.39. The van der Waals surface area contributed by atoms with Gasteiger partial charge in [0.25, 0.3) is 5.91 Å². The van der Waals surface area contributed by atoms with Crippen molar-refractivity contribution in [2.75, 3.05) is 24.3 Å². The number of pyridine rings is 1. The third-order valence-corrected chi connectivity index (χ3v) is 6.59. The number of rotatable bonds is 3. The van der Waals surface area contributed by atoms with Crippen LogP contribution in [0.15, 0.2) is 35.5 Å². The van der Waals surface area contributed by atoms with Crippen molar-refractivity contribution >= 4 is 28.5 Å². The zero-order valence-corrected chi connectivity index (χ0v) is 16.7. The quantitative estimate of drug-likeness (QED) is 0.776. The van der Waals surface area contributed by atoms with Crippen molar-refractivity contribution in [1.29, 1.82) is 5.26 Å². The largest absolute Gasteiger partial charge is 0.379 e. The van der Waals surface area contributed by atoms with Gasteiger partial charge < -0.3 is 15.8 Å². The smallest absolute Gasteiger partial charge is 0.277 e. The Morgan fingerprint density at radius 3 is 2.87 bits per heavy atom. The van der Waals surface area contributed by atoms with Gasteiger partial charge in [-0.05, 0) is 24.3 Å². The number of aromatic nitrogens is 1. The molecule has 0 radical (unpaired) electrons. The summed E-state index contributed by atoms with van der Waals surface area (Å²) in [5.41, 5.74) is 4.47. The number of nitriles is 1. The normalized spacial score (nSPS) is 25.2. The van der Waals surface area contributed by atoms with Gasteiger partial charge in [-0.25, -0.2) is 18.8 Å². The molecular formula is C20H17F2N5O2S. The number of hydrogen-bond acceptors (Lipinski definition) is 7. The molecule has 0 spiro atoms. The van der Waals surface area contributed by atoms with Gasteiger partial charge in [0.2, 0.25) is 0 Å². The van der Waals surface area contributed by atoms with Gasteiger partial charge in [-0.15, -0.1) is 0 Å². The monoisotopic (exact) mass is 429 g/mol. The lowest BCUT2D eigenvalue weighted by molar-refractivity contribution is 0.101. The average molecular weight is 429 g/mol. The first kappa shape index (κ1) is 20.3. The Morgan fingerprint density at radius 1 is 1.33 bits per heavy atom. The molecule has 0 unspecified atom stereocenters. The molecule has 1 amide bonds. The fourth-order valence-corrected chi connectivity index (χ4v) is 4.75. The van der Waals surface area contributed by atoms with E-state index in [0.717, 1.165) is 12.3 Å². The van der Waals surface area contributed by atoms with Crippen LogP contribution in [0.3, 0.4) is 0 Å². The summed E-state index contributed by atoms with van der Waals surface area (Å²) in [5, 5.41) is 11.7. The summed E-state index contributed by atoms with van der Waals surface area (Å²) < 4.78 is 34.7. The van der Waals surface area contributed by atoms with Crippen LogP contribution in [-0.4, -0.2) is 35.0 Å². The van der Waals surface area contributed by atoms with Gasteiger partial charge in [0.1, 0.15) is 17.4 Å². The van der Waals surface area contributed by atoms with Gasteiger partial charge in [-0.1, -0.05) is 18.7 Å². The van der Waals surface area contributed by atoms with Gasteiger partial charge in [0.05, 0.1) is 18.8 Å². The van der Waals surface area contributed by atoms with Crippen LogP contribution in [0.25, 0.3) is 0 Å². The van der Waals surface area contributed by atoms with E-state index in [-0.39, 0.29) is 23.4 Å². The fraction of sp³-hybridized carbons (Fsp3) is 0.300. The van der Waals surface area contributed by atoms with Gasteiger partial charge in [0, 0.05) is 28.6 Å². The summed E-state index contributed by atoms with van der Waals surface area (Å²) in [6.07, 6.45) is 1.10. The molecule has 0 saturated carbocycles. The second-order valence-electron chi connectivity index (χ2n) is 7.47. The zero-order chi connectivity index (χ0) is 21.5. The number of amidine groups is 1. The molecule has 2 aliphatic heterocycles. The first-order valence-electron chi connectivity index (χ1n) is 9.01. The van der Waals surface area contributed by atoms with Crippen LogP contribution in [0.1, 0.15) is 28.5 Å². The third kappa shape index (κ3) is 3.20. The predicted octanol–water partition coefficient (Wildman–Crippen LogP) is 2.78. The van der Waals surface area contributed by atoms with Crippen molar-refractivity contribution in [2.24, 2.45) is 16.1 Å². The maximum Gasteiger partial charge on any atom is 0.277 e. The summed E-state index contributed by atoms with van der Waals surface area (Å²) in [5.74, 6) is -1.64. The number of aliphatic imine (C=N–C) groups is 1. The summed E-state index contributed by atoms with van der Waals surface area (Å²) in [6, 6.07) is 6.73. The van der Waals surface area contributed by atoms with Gasteiger partial charge in [-0.2, -0.15) is 5.26 Å². The first-order valence-corrected chi connectivity index (χ1v) is 9.99. The lowest BCUT2D eigenvalue weighted by Crippen LogP contribution is -2.48.